The summed E-state index contributed by atoms with van der Waals surface area (Å²) in [6.07, 6.45) is 0. The first kappa shape index (κ1) is 13.6. The lowest BCUT2D eigenvalue weighted by Crippen LogP contribution is -2.18. The molecule has 0 aliphatic rings. The maximum Gasteiger partial charge on any atom is 0.250 e. The summed E-state index contributed by atoms with van der Waals surface area (Å²) in [4.78, 5) is 11.3. The molecule has 1 aromatic rings. The molecule has 0 atom stereocenters. The van der Waals surface area contributed by atoms with Crippen molar-refractivity contribution in [1.82, 2.24) is 0 Å². The molecule has 0 saturated heterocycles. The fraction of sp³-hybridized carbons (Fsp3) is 0.300. The molecule has 3 N–H and O–H groups in total. The summed E-state index contributed by atoms with van der Waals surface area (Å²) in [6, 6.07) is 4.23. The number of nitrogens with one attached hydrogen (secondary N) is 1. The first-order valence-electron chi connectivity index (χ1n) is 4.77. The van der Waals surface area contributed by atoms with Gasteiger partial charge in [0, 0.05) is 12.8 Å². The number of hydrogen-bond acceptors (Lipinski definition) is 4. The van der Waals surface area contributed by atoms with Crippen molar-refractivity contribution in [2.45, 2.75) is 11.8 Å². The van der Waals surface area contributed by atoms with Crippen LogP contribution in [0, 0.1) is 6.92 Å². The van der Waals surface area contributed by atoms with E-state index in [9.17, 15) is 13.2 Å². The van der Waals surface area contributed by atoms with Crippen molar-refractivity contribution in [1.29, 1.82) is 0 Å². The number of anilines is 1. The highest BCUT2D eigenvalue weighted by Crippen LogP contribution is 2.18. The Labute approximate surface area is 99.8 Å². The zero-order valence-corrected chi connectivity index (χ0v) is 10.4. The second-order valence-electron chi connectivity index (χ2n) is 3.50. The number of nitrogens with two attached hydrogens (primary N) is 1. The molecular formula is C10H14N2O4S. The van der Waals surface area contributed by atoms with Gasteiger partial charge in [0.1, 0.15) is 6.61 Å². The molecule has 1 rings (SSSR count). The second kappa shape index (κ2) is 5.26. The SMILES string of the molecule is COCC(=O)Nc1ccc(S(N)(=O)=O)cc1C. The van der Waals surface area contributed by atoms with Gasteiger partial charge in [-0.3, -0.25) is 4.79 Å². The number of carbonyl (C=O) groups is 1. The van der Waals surface area contributed by atoms with Gasteiger partial charge in [-0.25, -0.2) is 13.6 Å². The molecule has 0 saturated carbocycles. The van der Waals surface area contributed by atoms with Gasteiger partial charge < -0.3 is 10.1 Å². The molecule has 0 fully saturated rings. The minimum atomic E-state index is -3.72. The third kappa shape index (κ3) is 3.81. The molecule has 0 aliphatic heterocycles. The fourth-order valence-corrected chi connectivity index (χ4v) is 1.87. The molecule has 0 aliphatic carbocycles. The zero-order chi connectivity index (χ0) is 13.1. The molecule has 1 amide bonds. The summed E-state index contributed by atoms with van der Waals surface area (Å²) in [6.45, 7) is 1.62. The van der Waals surface area contributed by atoms with Gasteiger partial charge in [-0.15, -0.1) is 0 Å². The van der Waals surface area contributed by atoms with E-state index in [0.717, 1.165) is 0 Å². The van der Waals surface area contributed by atoms with Crippen LogP contribution in [0.2, 0.25) is 0 Å². The highest BCUT2D eigenvalue weighted by molar-refractivity contribution is 7.89. The predicted octanol–water partition coefficient (Wildman–Crippen LogP) is 0.227. The lowest BCUT2D eigenvalue weighted by Gasteiger charge is -2.09. The molecule has 0 unspecified atom stereocenters. The monoisotopic (exact) mass is 258 g/mol. The minimum Gasteiger partial charge on any atom is -0.375 e. The van der Waals surface area contributed by atoms with Gasteiger partial charge in [0.15, 0.2) is 0 Å². The molecular weight excluding hydrogens is 244 g/mol. The Balaban J connectivity index is 2.95. The maximum atomic E-state index is 11.3. The van der Waals surface area contributed by atoms with E-state index in [2.05, 4.69) is 10.1 Å². The van der Waals surface area contributed by atoms with E-state index in [1.165, 1.54) is 25.3 Å². The van der Waals surface area contributed by atoms with E-state index in [1.54, 1.807) is 6.92 Å². The molecule has 0 aromatic heterocycles. The molecule has 6 nitrogen and oxygen atoms in total. The second-order valence-corrected chi connectivity index (χ2v) is 5.06. The third-order valence-electron chi connectivity index (χ3n) is 2.08. The molecule has 94 valence electrons. The lowest BCUT2D eigenvalue weighted by atomic mass is 10.2. The van der Waals surface area contributed by atoms with E-state index in [0.29, 0.717) is 11.3 Å². The average molecular weight is 258 g/mol. The number of ether oxygens (including phenoxy) is 1. The van der Waals surface area contributed by atoms with Gasteiger partial charge >= 0.3 is 0 Å². The van der Waals surface area contributed by atoms with Crippen molar-refractivity contribution in [3.8, 4) is 0 Å². The molecule has 0 bridgehead atoms. The van der Waals surface area contributed by atoms with E-state index in [4.69, 9.17) is 5.14 Å². The van der Waals surface area contributed by atoms with Crippen LogP contribution in [0.15, 0.2) is 23.1 Å². The number of aryl methyl sites for hydroxylation is 1. The van der Waals surface area contributed by atoms with Crippen LogP contribution in [0.3, 0.4) is 0 Å². The van der Waals surface area contributed by atoms with Crippen molar-refractivity contribution in [3.63, 3.8) is 0 Å². The summed E-state index contributed by atoms with van der Waals surface area (Å²) >= 11 is 0. The lowest BCUT2D eigenvalue weighted by molar-refractivity contribution is -0.119. The summed E-state index contributed by atoms with van der Waals surface area (Å²) in [7, 11) is -2.30. The van der Waals surface area contributed by atoms with Crippen LogP contribution in [0.1, 0.15) is 5.56 Å². The number of methoxy groups -OCH3 is 1. The Hall–Kier alpha value is -1.44. The topological polar surface area (TPSA) is 98.5 Å². The molecule has 0 radical (unpaired) electrons. The molecule has 7 heteroatoms. The number of amides is 1. The Bertz CT molecular complexity index is 525. The van der Waals surface area contributed by atoms with Gasteiger partial charge in [0.2, 0.25) is 15.9 Å². The summed E-state index contributed by atoms with van der Waals surface area (Å²) < 4.78 is 26.8. The molecule has 1 aromatic carbocycles. The Kier molecular flexibility index (Phi) is 4.22. The Morgan fingerprint density at radius 2 is 2.12 bits per heavy atom. The quantitative estimate of drug-likeness (QED) is 0.807. The van der Waals surface area contributed by atoms with Crippen LogP contribution >= 0.6 is 0 Å². The highest BCUT2D eigenvalue weighted by atomic mass is 32.2. The summed E-state index contributed by atoms with van der Waals surface area (Å²) in [5.74, 6) is -0.307. The number of rotatable bonds is 4. The van der Waals surface area contributed by atoms with Crippen LogP contribution in [-0.2, 0) is 19.6 Å². The smallest absolute Gasteiger partial charge is 0.250 e. The predicted molar refractivity (Wildman–Crippen MR) is 63.1 cm³/mol. The molecule has 17 heavy (non-hydrogen) atoms. The fourth-order valence-electron chi connectivity index (χ4n) is 1.27. The van der Waals surface area contributed by atoms with Gasteiger partial charge in [-0.05, 0) is 30.7 Å². The Morgan fingerprint density at radius 1 is 1.47 bits per heavy atom. The average Bonchev–Trinajstić information content (AvgIpc) is 2.20. The number of primary sulfonamides is 1. The van der Waals surface area contributed by atoms with Crippen molar-refractivity contribution in [3.05, 3.63) is 23.8 Å². The van der Waals surface area contributed by atoms with Gasteiger partial charge in [0.05, 0.1) is 4.90 Å². The third-order valence-corrected chi connectivity index (χ3v) is 2.99. The van der Waals surface area contributed by atoms with Crippen LogP contribution in [0.5, 0.6) is 0 Å². The van der Waals surface area contributed by atoms with Gasteiger partial charge in [-0.1, -0.05) is 0 Å². The first-order chi connectivity index (χ1) is 7.84. The van der Waals surface area contributed by atoms with Crippen LogP contribution in [0.25, 0.3) is 0 Å². The maximum absolute atomic E-state index is 11.3. The van der Waals surface area contributed by atoms with Gasteiger partial charge in [0.25, 0.3) is 0 Å². The van der Waals surface area contributed by atoms with E-state index >= 15 is 0 Å². The standard InChI is InChI=1S/C10H14N2O4S/c1-7-5-8(17(11,14)15)3-4-9(7)12-10(13)6-16-2/h3-5H,6H2,1-2H3,(H,12,13)(H2,11,14,15). The summed E-state index contributed by atoms with van der Waals surface area (Å²) in [5, 5.41) is 7.58. The first-order valence-corrected chi connectivity index (χ1v) is 6.31. The van der Waals surface area contributed by atoms with Crippen molar-refractivity contribution >= 4 is 21.6 Å². The van der Waals surface area contributed by atoms with E-state index < -0.39 is 10.0 Å². The summed E-state index contributed by atoms with van der Waals surface area (Å²) in [5.41, 5.74) is 1.14. The number of sulfonamides is 1. The number of benzene rings is 1. The highest BCUT2D eigenvalue weighted by Gasteiger charge is 2.10. The normalized spacial score (nSPS) is 11.2. The number of hydrogen-bond donors (Lipinski definition) is 2. The van der Waals surface area contributed by atoms with Crippen molar-refractivity contribution < 1.29 is 17.9 Å². The zero-order valence-electron chi connectivity index (χ0n) is 9.56. The largest absolute Gasteiger partial charge is 0.375 e. The van der Waals surface area contributed by atoms with E-state index in [-0.39, 0.29) is 17.4 Å². The molecule has 0 spiro atoms. The molecule has 0 heterocycles. The Morgan fingerprint density at radius 3 is 2.59 bits per heavy atom. The minimum absolute atomic E-state index is 0.0136. The number of carbonyl (C=O) groups excluding carboxylic acids is 1. The van der Waals surface area contributed by atoms with Gasteiger partial charge in [-0.2, -0.15) is 0 Å². The van der Waals surface area contributed by atoms with E-state index in [1.807, 2.05) is 0 Å². The van der Waals surface area contributed by atoms with Crippen LogP contribution < -0.4 is 10.5 Å². The van der Waals surface area contributed by atoms with Crippen LogP contribution in [0.4, 0.5) is 5.69 Å². The van der Waals surface area contributed by atoms with Crippen LogP contribution in [-0.4, -0.2) is 28.0 Å². The van der Waals surface area contributed by atoms with Crippen molar-refractivity contribution in [2.75, 3.05) is 19.0 Å². The van der Waals surface area contributed by atoms with Crippen molar-refractivity contribution in [2.24, 2.45) is 5.14 Å².